The minimum absolute atomic E-state index is 0.368. The van der Waals surface area contributed by atoms with E-state index < -0.39 is 12.1 Å². The number of nitrogens with zero attached hydrogens (tertiary/aromatic N) is 2. The maximum atomic E-state index is 12.5. The van der Waals surface area contributed by atoms with E-state index in [4.69, 9.17) is 9.47 Å². The number of amides is 1. The normalized spacial score (nSPS) is 14.6. The van der Waals surface area contributed by atoms with Crippen molar-refractivity contribution in [3.63, 3.8) is 0 Å². The smallest absolute Gasteiger partial charge is 0.338 e. The number of ether oxygens (including phenoxy) is 2. The van der Waals surface area contributed by atoms with E-state index in [-0.39, 0.29) is 5.91 Å². The SMILES string of the molecule is CCN(CC)c1ccc(C(=O)O[C@H](C)C(=O)Nc2ccc(N3CCOCC3)cc2)cc1. The Bertz CT molecular complexity index is 857. The number of anilines is 3. The molecular formula is C24H31N3O4. The molecule has 1 aliphatic rings. The fourth-order valence-corrected chi connectivity index (χ4v) is 3.50. The Kier molecular flexibility index (Phi) is 7.89. The van der Waals surface area contributed by atoms with E-state index in [2.05, 4.69) is 29.0 Å². The zero-order valence-electron chi connectivity index (χ0n) is 18.5. The van der Waals surface area contributed by atoms with Gasteiger partial charge >= 0.3 is 5.97 Å². The third kappa shape index (κ3) is 5.98. The van der Waals surface area contributed by atoms with E-state index in [0.29, 0.717) is 11.3 Å². The molecule has 0 spiro atoms. The second kappa shape index (κ2) is 10.8. The average molecular weight is 426 g/mol. The van der Waals surface area contributed by atoms with Gasteiger partial charge in [-0.25, -0.2) is 4.79 Å². The highest BCUT2D eigenvalue weighted by Gasteiger charge is 2.19. The van der Waals surface area contributed by atoms with Crippen molar-refractivity contribution in [2.24, 2.45) is 0 Å². The predicted octanol–water partition coefficient (Wildman–Crippen LogP) is 3.55. The van der Waals surface area contributed by atoms with Crippen molar-refractivity contribution in [2.75, 3.05) is 54.5 Å². The van der Waals surface area contributed by atoms with Crippen molar-refractivity contribution in [3.05, 3.63) is 54.1 Å². The number of hydrogen-bond donors (Lipinski definition) is 1. The van der Waals surface area contributed by atoms with E-state index in [9.17, 15) is 9.59 Å². The Morgan fingerprint density at radius 2 is 1.65 bits per heavy atom. The first-order valence-electron chi connectivity index (χ1n) is 10.8. The molecule has 0 radical (unpaired) electrons. The second-order valence-electron chi connectivity index (χ2n) is 7.40. The summed E-state index contributed by atoms with van der Waals surface area (Å²) in [6.45, 7) is 10.7. The third-order valence-corrected chi connectivity index (χ3v) is 5.40. The van der Waals surface area contributed by atoms with Gasteiger partial charge in [0.2, 0.25) is 0 Å². The summed E-state index contributed by atoms with van der Waals surface area (Å²) in [5.74, 6) is -0.886. The molecule has 2 aromatic rings. The summed E-state index contributed by atoms with van der Waals surface area (Å²) in [4.78, 5) is 29.3. The predicted molar refractivity (Wildman–Crippen MR) is 123 cm³/mol. The molecule has 3 rings (SSSR count). The van der Waals surface area contributed by atoms with Gasteiger partial charge in [-0.3, -0.25) is 4.79 Å². The Morgan fingerprint density at radius 1 is 1.03 bits per heavy atom. The molecule has 0 aromatic heterocycles. The first-order valence-corrected chi connectivity index (χ1v) is 10.8. The lowest BCUT2D eigenvalue weighted by atomic mass is 10.2. The van der Waals surface area contributed by atoms with Crippen LogP contribution in [0.3, 0.4) is 0 Å². The van der Waals surface area contributed by atoms with E-state index in [1.165, 1.54) is 0 Å². The molecule has 1 saturated heterocycles. The number of rotatable bonds is 8. The van der Waals surface area contributed by atoms with Crippen molar-refractivity contribution >= 4 is 28.9 Å². The van der Waals surface area contributed by atoms with Crippen LogP contribution < -0.4 is 15.1 Å². The van der Waals surface area contributed by atoms with Crippen LogP contribution >= 0.6 is 0 Å². The number of hydrogen-bond acceptors (Lipinski definition) is 6. The highest BCUT2D eigenvalue weighted by molar-refractivity contribution is 5.97. The Labute approximate surface area is 183 Å². The molecule has 31 heavy (non-hydrogen) atoms. The molecular weight excluding hydrogens is 394 g/mol. The van der Waals surface area contributed by atoms with Gasteiger partial charge in [-0.1, -0.05) is 0 Å². The lowest BCUT2D eigenvalue weighted by Gasteiger charge is -2.28. The van der Waals surface area contributed by atoms with Crippen molar-refractivity contribution < 1.29 is 19.1 Å². The minimum Gasteiger partial charge on any atom is -0.449 e. The minimum atomic E-state index is -0.908. The molecule has 1 N–H and O–H groups in total. The van der Waals surface area contributed by atoms with Crippen LogP contribution in [0.25, 0.3) is 0 Å². The van der Waals surface area contributed by atoms with Crippen LogP contribution in [-0.4, -0.2) is 57.4 Å². The molecule has 7 heteroatoms. The molecule has 1 fully saturated rings. The van der Waals surface area contributed by atoms with Gasteiger partial charge in [0.25, 0.3) is 5.91 Å². The lowest BCUT2D eigenvalue weighted by Crippen LogP contribution is -2.36. The summed E-state index contributed by atoms with van der Waals surface area (Å²) in [5.41, 5.74) is 3.22. The summed E-state index contributed by atoms with van der Waals surface area (Å²) in [5, 5.41) is 2.80. The molecule has 0 aliphatic carbocycles. The van der Waals surface area contributed by atoms with Crippen LogP contribution in [0.5, 0.6) is 0 Å². The van der Waals surface area contributed by atoms with Crippen molar-refractivity contribution in [1.29, 1.82) is 0 Å². The van der Waals surface area contributed by atoms with E-state index in [1.807, 2.05) is 36.4 Å². The number of carbonyl (C=O) groups is 2. The number of carbonyl (C=O) groups excluding carboxylic acids is 2. The standard InChI is InChI=1S/C24H31N3O4/c1-4-26(5-2)21-10-6-19(7-11-21)24(29)31-18(3)23(28)25-20-8-12-22(13-9-20)27-14-16-30-17-15-27/h6-13,18H,4-5,14-17H2,1-3H3,(H,25,28)/t18-/m1/s1. The van der Waals surface area contributed by atoms with E-state index >= 15 is 0 Å². The van der Waals surface area contributed by atoms with Gasteiger partial charge in [0.05, 0.1) is 18.8 Å². The summed E-state index contributed by atoms with van der Waals surface area (Å²) >= 11 is 0. The molecule has 0 bridgehead atoms. The molecule has 1 heterocycles. The highest BCUT2D eigenvalue weighted by Crippen LogP contribution is 2.20. The Balaban J connectivity index is 1.53. The van der Waals surface area contributed by atoms with Gasteiger partial charge in [0.15, 0.2) is 6.10 Å². The fraction of sp³-hybridized carbons (Fsp3) is 0.417. The molecule has 7 nitrogen and oxygen atoms in total. The third-order valence-electron chi connectivity index (χ3n) is 5.40. The molecule has 0 unspecified atom stereocenters. The van der Waals surface area contributed by atoms with Gasteiger partial charge in [-0.15, -0.1) is 0 Å². The number of morpholine rings is 1. The molecule has 0 saturated carbocycles. The molecule has 1 aliphatic heterocycles. The van der Waals surface area contributed by atoms with Crippen molar-refractivity contribution in [2.45, 2.75) is 26.9 Å². The van der Waals surface area contributed by atoms with Crippen LogP contribution in [0.1, 0.15) is 31.1 Å². The summed E-state index contributed by atoms with van der Waals surface area (Å²) < 4.78 is 10.7. The second-order valence-corrected chi connectivity index (χ2v) is 7.40. The topological polar surface area (TPSA) is 71.1 Å². The van der Waals surface area contributed by atoms with Crippen LogP contribution in [0, 0.1) is 0 Å². The van der Waals surface area contributed by atoms with Gasteiger partial charge in [0.1, 0.15) is 0 Å². The number of benzene rings is 2. The van der Waals surface area contributed by atoms with Gasteiger partial charge in [0, 0.05) is 43.2 Å². The summed E-state index contributed by atoms with van der Waals surface area (Å²) in [6, 6.07) is 14.9. The van der Waals surface area contributed by atoms with Crippen LogP contribution in [-0.2, 0) is 14.3 Å². The molecule has 1 atom stereocenters. The van der Waals surface area contributed by atoms with Crippen LogP contribution in [0.2, 0.25) is 0 Å². The quantitative estimate of drug-likeness (QED) is 0.652. The summed E-state index contributed by atoms with van der Waals surface area (Å²) in [7, 11) is 0. The molecule has 166 valence electrons. The fourth-order valence-electron chi connectivity index (χ4n) is 3.50. The maximum Gasteiger partial charge on any atom is 0.338 e. The average Bonchev–Trinajstić information content (AvgIpc) is 2.81. The van der Waals surface area contributed by atoms with E-state index in [0.717, 1.165) is 50.8 Å². The lowest BCUT2D eigenvalue weighted by molar-refractivity contribution is -0.123. The van der Waals surface area contributed by atoms with Crippen LogP contribution in [0.4, 0.5) is 17.1 Å². The zero-order valence-corrected chi connectivity index (χ0v) is 18.5. The molecule has 1 amide bonds. The first-order chi connectivity index (χ1) is 15.0. The monoisotopic (exact) mass is 425 g/mol. The van der Waals surface area contributed by atoms with Gasteiger partial charge in [-0.2, -0.15) is 0 Å². The van der Waals surface area contributed by atoms with Gasteiger partial charge in [-0.05, 0) is 69.3 Å². The Hall–Kier alpha value is -3.06. The highest BCUT2D eigenvalue weighted by atomic mass is 16.5. The number of nitrogens with one attached hydrogen (secondary N) is 1. The number of esters is 1. The van der Waals surface area contributed by atoms with Crippen molar-refractivity contribution in [1.82, 2.24) is 0 Å². The summed E-state index contributed by atoms with van der Waals surface area (Å²) in [6.07, 6.45) is -0.908. The van der Waals surface area contributed by atoms with Gasteiger partial charge < -0.3 is 24.6 Å². The van der Waals surface area contributed by atoms with E-state index in [1.54, 1.807) is 19.1 Å². The molecule has 2 aromatic carbocycles. The largest absolute Gasteiger partial charge is 0.449 e. The Morgan fingerprint density at radius 3 is 2.23 bits per heavy atom. The first kappa shape index (κ1) is 22.6. The maximum absolute atomic E-state index is 12.5. The van der Waals surface area contributed by atoms with Crippen molar-refractivity contribution in [3.8, 4) is 0 Å². The van der Waals surface area contributed by atoms with Crippen LogP contribution in [0.15, 0.2) is 48.5 Å². The zero-order chi connectivity index (χ0) is 22.2.